The third-order valence-electron chi connectivity index (χ3n) is 7.65. The molecule has 0 aliphatic rings. The van der Waals surface area contributed by atoms with E-state index < -0.39 is 6.85 Å². The van der Waals surface area contributed by atoms with Crippen LogP contribution in [0.5, 0.6) is 0 Å². The zero-order valence-corrected chi connectivity index (χ0v) is 28.3. The molecule has 0 bridgehead atoms. The SMILES string of the molecule is [2H]C([2H])([2H])c1cc(-c2[c-]ccc3c2oc2nc(-c4c(C)cccc4C)ccc23)ncc1C(C)(C)C.[Ir].[c-]1ccccc1-c1ccccn1. The number of hydrogen-bond acceptors (Lipinski definition) is 4. The molecule has 5 heteroatoms. The molecule has 45 heavy (non-hydrogen) atoms. The van der Waals surface area contributed by atoms with Crippen LogP contribution in [0.25, 0.3) is 55.8 Å². The van der Waals surface area contributed by atoms with Gasteiger partial charge in [0.2, 0.25) is 5.71 Å². The molecular weight excluding hydrogens is 731 g/mol. The first-order chi connectivity index (χ1) is 22.4. The van der Waals surface area contributed by atoms with Gasteiger partial charge in [0.1, 0.15) is 0 Å². The average Bonchev–Trinajstić information content (AvgIpc) is 3.43. The molecule has 4 aromatic heterocycles. The Kier molecular flexibility index (Phi) is 8.28. The second-order valence-corrected chi connectivity index (χ2v) is 11.9. The van der Waals surface area contributed by atoms with E-state index in [1.54, 1.807) is 18.5 Å². The summed E-state index contributed by atoms with van der Waals surface area (Å²) in [6, 6.07) is 35.7. The molecule has 0 fully saturated rings. The maximum atomic E-state index is 8.11. The van der Waals surface area contributed by atoms with Gasteiger partial charge in [0.25, 0.3) is 0 Å². The summed E-state index contributed by atoms with van der Waals surface area (Å²) < 4.78 is 30.6. The fourth-order valence-electron chi connectivity index (χ4n) is 5.43. The molecule has 0 N–H and O–H groups in total. The molecule has 0 unspecified atom stereocenters. The largest absolute Gasteiger partial charge is 0.486 e. The Morgan fingerprint density at radius 1 is 0.733 bits per heavy atom. The minimum atomic E-state index is -2.26. The van der Waals surface area contributed by atoms with Crippen LogP contribution in [0, 0.1) is 32.8 Å². The van der Waals surface area contributed by atoms with E-state index >= 15 is 0 Å². The number of fused-ring (bicyclic) bond motifs is 3. The second-order valence-electron chi connectivity index (χ2n) is 11.9. The smallest absolute Gasteiger partial charge is 0.216 e. The number of nitrogens with zero attached hydrogens (tertiary/aromatic N) is 3. The number of rotatable bonds is 3. The van der Waals surface area contributed by atoms with Crippen LogP contribution in [0.3, 0.4) is 0 Å². The summed E-state index contributed by atoms with van der Waals surface area (Å²) in [6.07, 6.45) is 3.46. The van der Waals surface area contributed by atoms with Crippen LogP contribution in [0.2, 0.25) is 0 Å². The van der Waals surface area contributed by atoms with Gasteiger partial charge in [-0.3, -0.25) is 0 Å². The molecule has 0 saturated carbocycles. The van der Waals surface area contributed by atoms with Gasteiger partial charge < -0.3 is 14.4 Å². The molecule has 227 valence electrons. The van der Waals surface area contributed by atoms with Crippen molar-refractivity contribution >= 4 is 22.1 Å². The van der Waals surface area contributed by atoms with Gasteiger partial charge in [-0.15, -0.1) is 54.1 Å². The van der Waals surface area contributed by atoms with E-state index in [4.69, 9.17) is 13.5 Å². The maximum absolute atomic E-state index is 8.11. The molecule has 4 nitrogen and oxygen atoms in total. The zero-order chi connectivity index (χ0) is 33.3. The second kappa shape index (κ2) is 13.3. The average molecular weight is 769 g/mol. The predicted molar refractivity (Wildman–Crippen MR) is 180 cm³/mol. The first-order valence-electron chi connectivity index (χ1n) is 16.1. The predicted octanol–water partition coefficient (Wildman–Crippen LogP) is 10.3. The fraction of sp³-hybridized carbons (Fsp3) is 0.175. The fourth-order valence-corrected chi connectivity index (χ4v) is 5.43. The molecule has 0 amide bonds. The Hall–Kier alpha value is -4.44. The van der Waals surface area contributed by atoms with Crippen LogP contribution in [0.1, 0.15) is 47.1 Å². The number of aryl methyl sites for hydroxylation is 3. The van der Waals surface area contributed by atoms with Crippen molar-refractivity contribution in [2.24, 2.45) is 0 Å². The Bertz CT molecular complexity index is 2130. The topological polar surface area (TPSA) is 51.8 Å². The molecule has 1 radical (unpaired) electrons. The van der Waals surface area contributed by atoms with Crippen LogP contribution in [0.15, 0.2) is 108 Å². The first-order valence-corrected chi connectivity index (χ1v) is 14.6. The summed E-state index contributed by atoms with van der Waals surface area (Å²) in [6.45, 7) is 7.87. The van der Waals surface area contributed by atoms with Gasteiger partial charge in [0.05, 0.1) is 11.3 Å². The molecule has 4 heterocycles. The molecule has 3 aromatic carbocycles. The van der Waals surface area contributed by atoms with Crippen LogP contribution >= 0.6 is 0 Å². The van der Waals surface area contributed by atoms with Gasteiger partial charge in [-0.25, -0.2) is 4.98 Å². The molecule has 7 rings (SSSR count). The molecule has 0 aliphatic carbocycles. The Morgan fingerprint density at radius 3 is 2.22 bits per heavy atom. The van der Waals surface area contributed by atoms with Gasteiger partial charge in [-0.2, -0.15) is 0 Å². The van der Waals surface area contributed by atoms with Gasteiger partial charge in [0.15, 0.2) is 0 Å². The third kappa shape index (κ3) is 6.66. The van der Waals surface area contributed by atoms with E-state index in [9.17, 15) is 0 Å². The molecule has 0 aliphatic heterocycles. The standard InChI is InChI=1S/C29H27N2O.C11H8N.Ir/c1-17-9-7-10-18(2)26(17)24-14-13-21-20-11-8-12-22(27(20)32-28(21)31-24)25-15-19(3)23(16-30-25)29(4,5)6;1-2-6-10(7-3-1)11-8-4-5-9-12-11;/h7-11,13-16H,1-6H3;1-6,8-9H;/q2*-1;/i3D3;;. The van der Waals surface area contributed by atoms with Crippen molar-refractivity contribution in [1.82, 2.24) is 15.0 Å². The summed E-state index contributed by atoms with van der Waals surface area (Å²) in [5, 5.41) is 1.79. The number of aromatic nitrogens is 3. The van der Waals surface area contributed by atoms with Crippen LogP contribution < -0.4 is 0 Å². The van der Waals surface area contributed by atoms with Crippen molar-refractivity contribution in [1.29, 1.82) is 0 Å². The van der Waals surface area contributed by atoms with E-state index in [-0.39, 0.29) is 25.5 Å². The van der Waals surface area contributed by atoms with E-state index in [0.717, 1.165) is 44.4 Å². The van der Waals surface area contributed by atoms with Crippen molar-refractivity contribution in [2.45, 2.75) is 46.9 Å². The maximum Gasteiger partial charge on any atom is 0.216 e. The van der Waals surface area contributed by atoms with Gasteiger partial charge >= 0.3 is 0 Å². The van der Waals surface area contributed by atoms with Gasteiger partial charge in [-0.05, 0) is 72.4 Å². The van der Waals surface area contributed by atoms with Crippen molar-refractivity contribution < 1.29 is 28.6 Å². The molecule has 0 saturated heterocycles. The van der Waals surface area contributed by atoms with E-state index in [1.807, 2.05) is 93.6 Å². The van der Waals surface area contributed by atoms with Gasteiger partial charge in [-0.1, -0.05) is 73.7 Å². The summed E-state index contributed by atoms with van der Waals surface area (Å²) in [5.41, 5.74) is 9.20. The summed E-state index contributed by atoms with van der Waals surface area (Å²) in [7, 11) is 0. The third-order valence-corrected chi connectivity index (χ3v) is 7.65. The van der Waals surface area contributed by atoms with Crippen LogP contribution in [-0.2, 0) is 25.5 Å². The quantitative estimate of drug-likeness (QED) is 0.168. The van der Waals surface area contributed by atoms with Crippen molar-refractivity contribution in [3.8, 4) is 33.8 Å². The molecule has 0 atom stereocenters. The number of hydrogen-bond donors (Lipinski definition) is 0. The van der Waals surface area contributed by atoms with Crippen molar-refractivity contribution in [3.05, 3.63) is 138 Å². The van der Waals surface area contributed by atoms with Crippen molar-refractivity contribution in [2.75, 3.05) is 0 Å². The zero-order valence-electron chi connectivity index (χ0n) is 28.9. The number of benzene rings is 3. The Morgan fingerprint density at radius 2 is 1.53 bits per heavy atom. The number of furan rings is 1. The van der Waals surface area contributed by atoms with Crippen molar-refractivity contribution in [3.63, 3.8) is 0 Å². The van der Waals surface area contributed by atoms with E-state index in [2.05, 4.69) is 48.1 Å². The minimum Gasteiger partial charge on any atom is -0.486 e. The Labute approximate surface area is 283 Å². The van der Waals surface area contributed by atoms with E-state index in [0.29, 0.717) is 33.7 Å². The van der Waals surface area contributed by atoms with Gasteiger partial charge in [0, 0.05) is 47.6 Å². The Balaban J connectivity index is 0.000000291. The molecular formula is C40H35IrN3O-2. The minimum absolute atomic E-state index is 0. The molecule has 0 spiro atoms. The summed E-state index contributed by atoms with van der Waals surface area (Å²) >= 11 is 0. The summed E-state index contributed by atoms with van der Waals surface area (Å²) in [4.78, 5) is 13.7. The number of pyridine rings is 3. The van der Waals surface area contributed by atoms with E-state index in [1.165, 1.54) is 0 Å². The first kappa shape index (κ1) is 28.1. The molecule has 7 aromatic rings. The van der Waals surface area contributed by atoms with Crippen LogP contribution in [0.4, 0.5) is 0 Å². The normalized spacial score (nSPS) is 12.4. The van der Waals surface area contributed by atoms with Crippen LogP contribution in [-0.4, -0.2) is 15.0 Å². The monoisotopic (exact) mass is 769 g/mol. The summed E-state index contributed by atoms with van der Waals surface area (Å²) in [5.74, 6) is 0.